The molecule has 1 amide bonds. The quantitative estimate of drug-likeness (QED) is 0.711. The number of ether oxygens (including phenoxy) is 1. The number of nitrogens with one attached hydrogen (secondary N) is 1. The maximum absolute atomic E-state index is 12.5. The van der Waals surface area contributed by atoms with E-state index in [4.69, 9.17) is 16.3 Å². The van der Waals surface area contributed by atoms with Crippen LogP contribution in [-0.4, -0.2) is 38.9 Å². The zero-order valence-electron chi connectivity index (χ0n) is 15.9. The lowest BCUT2D eigenvalue weighted by Crippen LogP contribution is -2.35. The number of halogens is 1. The Morgan fingerprint density at radius 1 is 1.28 bits per heavy atom. The molecule has 0 radical (unpaired) electrons. The number of nitrogens with zero attached hydrogens (tertiary/aromatic N) is 2. The van der Waals surface area contributed by atoms with Gasteiger partial charge >= 0.3 is 0 Å². The number of carbonyl (C=O) groups excluding carboxylic acids is 1. The summed E-state index contributed by atoms with van der Waals surface area (Å²) in [4.78, 5) is 14.4. The number of hydrogen-bond acceptors (Lipinski definition) is 6. The molecule has 0 spiro atoms. The van der Waals surface area contributed by atoms with Crippen LogP contribution in [0, 0.1) is 0 Å². The minimum Gasteiger partial charge on any atom is -0.495 e. The van der Waals surface area contributed by atoms with Crippen molar-refractivity contribution in [3.8, 4) is 5.75 Å². The highest BCUT2D eigenvalue weighted by Crippen LogP contribution is 2.34. The maximum Gasteiger partial charge on any atom is 0.286 e. The van der Waals surface area contributed by atoms with E-state index >= 15 is 0 Å². The van der Waals surface area contributed by atoms with Gasteiger partial charge in [-0.05, 0) is 36.8 Å². The van der Waals surface area contributed by atoms with E-state index in [1.807, 2.05) is 11.8 Å². The Balaban J connectivity index is 1.74. The van der Waals surface area contributed by atoms with Crippen LogP contribution in [0.5, 0.6) is 5.75 Å². The smallest absolute Gasteiger partial charge is 0.286 e. The van der Waals surface area contributed by atoms with E-state index in [0.717, 1.165) is 18.2 Å². The van der Waals surface area contributed by atoms with E-state index in [0.29, 0.717) is 28.7 Å². The number of amidine groups is 1. The van der Waals surface area contributed by atoms with E-state index < -0.39 is 10.0 Å². The van der Waals surface area contributed by atoms with E-state index in [-0.39, 0.29) is 21.7 Å². The number of carbonyl (C=O) groups is 1. The molecule has 29 heavy (non-hydrogen) atoms. The summed E-state index contributed by atoms with van der Waals surface area (Å²) in [6.07, 6.45) is 0.796. The van der Waals surface area contributed by atoms with Crippen molar-refractivity contribution in [1.29, 1.82) is 0 Å². The SMILES string of the molecule is CCCN1C(SCC(=O)Nc2ccc(OC)c(Cl)c2)=NS(=O)(=O)c2ccccc21. The van der Waals surface area contributed by atoms with Crippen LogP contribution < -0.4 is 15.0 Å². The number of methoxy groups -OCH3 is 1. The highest BCUT2D eigenvalue weighted by Gasteiger charge is 2.30. The molecule has 0 aliphatic carbocycles. The van der Waals surface area contributed by atoms with Crippen LogP contribution in [0.4, 0.5) is 11.4 Å². The van der Waals surface area contributed by atoms with Crippen molar-refractivity contribution in [2.45, 2.75) is 18.2 Å². The fourth-order valence-electron chi connectivity index (χ4n) is 2.82. The maximum atomic E-state index is 12.5. The average molecular weight is 454 g/mol. The van der Waals surface area contributed by atoms with E-state index in [1.165, 1.54) is 7.11 Å². The molecule has 0 bridgehead atoms. The molecule has 0 saturated heterocycles. The molecule has 2 aromatic carbocycles. The molecular formula is C19H20ClN3O4S2. The van der Waals surface area contributed by atoms with E-state index in [9.17, 15) is 13.2 Å². The third-order valence-corrected chi connectivity index (χ3v) is 6.78. The molecule has 2 aromatic rings. The van der Waals surface area contributed by atoms with E-state index in [2.05, 4.69) is 9.71 Å². The first kappa shape index (κ1) is 21.5. The number of amides is 1. The van der Waals surface area contributed by atoms with Crippen molar-refractivity contribution >= 4 is 55.8 Å². The van der Waals surface area contributed by atoms with Gasteiger partial charge in [0.1, 0.15) is 10.6 Å². The lowest BCUT2D eigenvalue weighted by molar-refractivity contribution is -0.113. The summed E-state index contributed by atoms with van der Waals surface area (Å²) < 4.78 is 34.0. The predicted molar refractivity (Wildman–Crippen MR) is 118 cm³/mol. The Kier molecular flexibility index (Phi) is 6.71. The van der Waals surface area contributed by atoms with Crippen molar-refractivity contribution in [3.63, 3.8) is 0 Å². The third-order valence-electron chi connectivity index (χ3n) is 4.08. The zero-order chi connectivity index (χ0) is 21.0. The Hall–Kier alpha value is -2.23. The summed E-state index contributed by atoms with van der Waals surface area (Å²) in [5, 5.41) is 3.40. The summed E-state index contributed by atoms with van der Waals surface area (Å²) in [6.45, 7) is 2.59. The van der Waals surface area contributed by atoms with Gasteiger partial charge in [0.25, 0.3) is 10.0 Å². The van der Waals surface area contributed by atoms with Crippen molar-refractivity contribution in [2.24, 2.45) is 4.40 Å². The van der Waals surface area contributed by atoms with Crippen molar-refractivity contribution in [2.75, 3.05) is 29.6 Å². The molecule has 3 rings (SSSR count). The van der Waals surface area contributed by atoms with Gasteiger partial charge in [0.15, 0.2) is 5.17 Å². The van der Waals surface area contributed by atoms with Gasteiger partial charge in [-0.15, -0.1) is 4.40 Å². The van der Waals surface area contributed by atoms with E-state index in [1.54, 1.807) is 42.5 Å². The van der Waals surface area contributed by atoms with Gasteiger partial charge in [-0.2, -0.15) is 8.42 Å². The predicted octanol–water partition coefficient (Wildman–Crippen LogP) is 4.00. The molecule has 1 heterocycles. The molecule has 0 fully saturated rings. The van der Waals surface area contributed by atoms with Gasteiger partial charge in [-0.3, -0.25) is 4.79 Å². The van der Waals surface area contributed by atoms with Crippen LogP contribution in [-0.2, 0) is 14.8 Å². The van der Waals surface area contributed by atoms with Crippen LogP contribution in [0.2, 0.25) is 5.02 Å². The molecule has 0 saturated carbocycles. The number of para-hydroxylation sites is 1. The summed E-state index contributed by atoms with van der Waals surface area (Å²) in [5.74, 6) is 0.210. The standard InChI is InChI=1S/C19H20ClN3O4S2/c1-3-10-23-15-6-4-5-7-17(15)29(25,26)22-19(23)28-12-18(24)21-13-8-9-16(27-2)14(20)11-13/h4-9,11H,3,10,12H2,1-2H3,(H,21,24). The first-order valence-electron chi connectivity index (χ1n) is 8.83. The molecular weight excluding hydrogens is 434 g/mol. The average Bonchev–Trinajstić information content (AvgIpc) is 2.69. The first-order valence-corrected chi connectivity index (χ1v) is 11.6. The largest absolute Gasteiger partial charge is 0.495 e. The lowest BCUT2D eigenvalue weighted by Gasteiger charge is -2.29. The van der Waals surface area contributed by atoms with Crippen LogP contribution >= 0.6 is 23.4 Å². The summed E-state index contributed by atoms with van der Waals surface area (Å²) >= 11 is 7.15. The minimum atomic E-state index is -3.80. The number of hydrogen-bond donors (Lipinski definition) is 1. The monoisotopic (exact) mass is 453 g/mol. The Morgan fingerprint density at radius 2 is 2.03 bits per heavy atom. The second-order valence-electron chi connectivity index (χ2n) is 6.15. The van der Waals surface area contributed by atoms with Crippen molar-refractivity contribution in [1.82, 2.24) is 0 Å². The van der Waals surface area contributed by atoms with Crippen molar-refractivity contribution < 1.29 is 17.9 Å². The van der Waals surface area contributed by atoms with Gasteiger partial charge in [-0.1, -0.05) is 42.4 Å². The first-order chi connectivity index (χ1) is 13.9. The Labute approximate surface area is 179 Å². The topological polar surface area (TPSA) is 88.1 Å². The molecule has 1 aliphatic heterocycles. The fourth-order valence-corrected chi connectivity index (χ4v) is 5.35. The molecule has 0 aromatic heterocycles. The van der Waals surface area contributed by atoms with Crippen LogP contribution in [0.3, 0.4) is 0 Å². The molecule has 1 N–H and O–H groups in total. The number of sulfonamides is 1. The number of rotatable bonds is 6. The number of anilines is 2. The third kappa shape index (κ3) is 4.85. The molecule has 154 valence electrons. The summed E-state index contributed by atoms with van der Waals surface area (Å²) in [5.41, 5.74) is 1.10. The van der Waals surface area contributed by atoms with Crippen LogP contribution in [0.1, 0.15) is 13.3 Å². The van der Waals surface area contributed by atoms with Gasteiger partial charge in [-0.25, -0.2) is 0 Å². The minimum absolute atomic E-state index is 0.000380. The fraction of sp³-hybridized carbons (Fsp3) is 0.263. The van der Waals surface area contributed by atoms with Gasteiger partial charge in [0, 0.05) is 12.2 Å². The highest BCUT2D eigenvalue weighted by molar-refractivity contribution is 8.15. The second kappa shape index (κ2) is 9.06. The molecule has 0 unspecified atom stereocenters. The normalized spacial score (nSPS) is 14.7. The summed E-state index contributed by atoms with van der Waals surface area (Å²) in [7, 11) is -2.29. The molecule has 7 nitrogen and oxygen atoms in total. The Morgan fingerprint density at radius 3 is 2.72 bits per heavy atom. The highest BCUT2D eigenvalue weighted by atomic mass is 35.5. The Bertz CT molecular complexity index is 1060. The molecule has 1 aliphatic rings. The van der Waals surface area contributed by atoms with Crippen LogP contribution in [0.15, 0.2) is 51.8 Å². The van der Waals surface area contributed by atoms with Crippen molar-refractivity contribution in [3.05, 3.63) is 47.5 Å². The number of thioether (sulfide) groups is 1. The number of fused-ring (bicyclic) bond motifs is 1. The second-order valence-corrected chi connectivity index (χ2v) is 9.08. The van der Waals surface area contributed by atoms with Gasteiger partial charge in [0.05, 0.1) is 23.6 Å². The van der Waals surface area contributed by atoms with Crippen LogP contribution in [0.25, 0.3) is 0 Å². The van der Waals surface area contributed by atoms with Gasteiger partial charge < -0.3 is 15.0 Å². The molecule has 0 atom stereocenters. The lowest BCUT2D eigenvalue weighted by atomic mass is 10.3. The summed E-state index contributed by atoms with van der Waals surface area (Å²) in [6, 6.07) is 11.7. The molecule has 10 heteroatoms. The number of benzene rings is 2. The van der Waals surface area contributed by atoms with Gasteiger partial charge in [0.2, 0.25) is 5.91 Å². The zero-order valence-corrected chi connectivity index (χ0v) is 18.3.